The van der Waals surface area contributed by atoms with Crippen LogP contribution in [0.2, 0.25) is 0 Å². The van der Waals surface area contributed by atoms with E-state index in [-0.39, 0.29) is 17.7 Å². The first kappa shape index (κ1) is 24.1. The summed E-state index contributed by atoms with van der Waals surface area (Å²) in [5.74, 6) is -2.16. The van der Waals surface area contributed by atoms with Gasteiger partial charge in [-0.3, -0.25) is 4.90 Å². The summed E-state index contributed by atoms with van der Waals surface area (Å²) < 4.78 is 50.7. The van der Waals surface area contributed by atoms with E-state index in [1.807, 2.05) is 43.0 Å². The monoisotopic (exact) mass is 470 g/mol. The number of carbonyl (C=O) groups excluding carboxylic acids is 1. The number of esters is 1. The fraction of sp³-hybridized carbons (Fsp3) is 0.370. The van der Waals surface area contributed by atoms with Gasteiger partial charge in [0.1, 0.15) is 17.3 Å². The summed E-state index contributed by atoms with van der Waals surface area (Å²) in [5, 5.41) is 0.994. The van der Waals surface area contributed by atoms with Crippen molar-refractivity contribution in [3.63, 3.8) is 0 Å². The van der Waals surface area contributed by atoms with Crippen molar-refractivity contribution in [2.24, 2.45) is 0 Å². The number of benzene rings is 2. The zero-order valence-electron chi connectivity index (χ0n) is 20.0. The Bertz CT molecular complexity index is 1250. The Hall–Kier alpha value is -3.06. The van der Waals surface area contributed by atoms with E-state index >= 15 is 8.78 Å². The summed E-state index contributed by atoms with van der Waals surface area (Å²) in [6.45, 7) is 6.87. The van der Waals surface area contributed by atoms with Crippen LogP contribution in [0.1, 0.15) is 56.1 Å². The van der Waals surface area contributed by atoms with Gasteiger partial charge in [-0.25, -0.2) is 18.0 Å². The number of ether oxygens (including phenoxy) is 1. The second kappa shape index (κ2) is 8.62. The molecule has 1 atom stereocenters. The van der Waals surface area contributed by atoms with Crippen LogP contribution < -0.4 is 0 Å². The summed E-state index contributed by atoms with van der Waals surface area (Å²) >= 11 is 0. The lowest BCUT2D eigenvalue weighted by molar-refractivity contribution is -0.134. The molecule has 180 valence electrons. The highest BCUT2D eigenvalue weighted by Crippen LogP contribution is 2.46. The number of hydrogen-bond donors (Lipinski definition) is 1. The minimum absolute atomic E-state index is 0.0116. The second-order valence-electron chi connectivity index (χ2n) is 10.1. The summed E-state index contributed by atoms with van der Waals surface area (Å²) in [4.78, 5) is 16.6. The lowest BCUT2D eigenvalue weighted by Crippen LogP contribution is -2.55. The number of nitrogens with zero attached hydrogens (tertiary/aromatic N) is 1. The predicted octanol–water partition coefficient (Wildman–Crippen LogP) is 6.11. The Morgan fingerprint density at radius 3 is 2.50 bits per heavy atom. The number of hydrogen-bond acceptors (Lipinski definition) is 3. The highest BCUT2D eigenvalue weighted by atomic mass is 19.1. The number of fused-ring (bicyclic) bond motifs is 3. The Kier molecular flexibility index (Phi) is 6.10. The second-order valence-corrected chi connectivity index (χ2v) is 10.1. The van der Waals surface area contributed by atoms with Crippen molar-refractivity contribution in [2.75, 3.05) is 13.7 Å². The van der Waals surface area contributed by atoms with Gasteiger partial charge >= 0.3 is 5.97 Å². The molecule has 2 aromatic carbocycles. The third-order valence-corrected chi connectivity index (χ3v) is 6.35. The first-order chi connectivity index (χ1) is 15.9. The third kappa shape index (κ3) is 4.49. The van der Waals surface area contributed by atoms with Crippen LogP contribution in [0.3, 0.4) is 0 Å². The molecule has 1 aliphatic rings. The average Bonchev–Trinajstić information content (AvgIpc) is 3.10. The zero-order chi connectivity index (χ0) is 24.8. The zero-order valence-corrected chi connectivity index (χ0v) is 20.0. The molecule has 0 saturated heterocycles. The molecule has 3 aromatic rings. The molecule has 0 saturated carbocycles. The number of rotatable bonds is 5. The quantitative estimate of drug-likeness (QED) is 0.362. The lowest BCUT2D eigenvalue weighted by atomic mass is 9.80. The highest BCUT2D eigenvalue weighted by molar-refractivity contribution is 5.87. The van der Waals surface area contributed by atoms with E-state index < -0.39 is 34.9 Å². The topological polar surface area (TPSA) is 45.3 Å². The minimum Gasteiger partial charge on any atom is -0.466 e. The Morgan fingerprint density at radius 2 is 1.88 bits per heavy atom. The molecule has 0 aliphatic carbocycles. The van der Waals surface area contributed by atoms with Crippen molar-refractivity contribution in [1.29, 1.82) is 0 Å². The molecule has 7 heteroatoms. The first-order valence-electron chi connectivity index (χ1n) is 11.2. The SMILES string of the molecule is COC(=O)C=Cc1cc(F)c(C2c3[nH]c4ccccc4c3CC(C)(C)N2CC(C)(C)F)c(F)c1. The molecular weight excluding hydrogens is 441 g/mol. The van der Waals surface area contributed by atoms with Crippen molar-refractivity contribution in [1.82, 2.24) is 9.88 Å². The Labute approximate surface area is 197 Å². The van der Waals surface area contributed by atoms with E-state index in [9.17, 15) is 9.18 Å². The lowest BCUT2D eigenvalue weighted by Gasteiger charge is -2.49. The van der Waals surface area contributed by atoms with Crippen LogP contribution in [-0.2, 0) is 16.0 Å². The number of halogens is 3. The van der Waals surface area contributed by atoms with Crippen LogP contribution in [-0.4, -0.2) is 40.7 Å². The van der Waals surface area contributed by atoms with Gasteiger partial charge in [0.05, 0.1) is 13.2 Å². The number of para-hydroxylation sites is 1. The number of methoxy groups -OCH3 is 1. The van der Waals surface area contributed by atoms with E-state index in [0.29, 0.717) is 12.1 Å². The average molecular weight is 471 g/mol. The molecule has 1 unspecified atom stereocenters. The molecule has 0 radical (unpaired) electrons. The Balaban J connectivity index is 1.93. The number of H-pyrrole nitrogens is 1. The summed E-state index contributed by atoms with van der Waals surface area (Å²) in [6.07, 6.45) is 3.00. The van der Waals surface area contributed by atoms with Crippen molar-refractivity contribution in [2.45, 2.75) is 51.4 Å². The molecule has 4 nitrogen and oxygen atoms in total. The fourth-order valence-corrected chi connectivity index (χ4v) is 4.89. The molecule has 1 N–H and O–H groups in total. The van der Waals surface area contributed by atoms with Crippen LogP contribution in [0.25, 0.3) is 17.0 Å². The van der Waals surface area contributed by atoms with Gasteiger partial charge in [-0.2, -0.15) is 0 Å². The molecule has 4 rings (SSSR count). The molecule has 1 aromatic heterocycles. The maximum Gasteiger partial charge on any atom is 0.330 e. The number of nitrogens with one attached hydrogen (secondary N) is 1. The first-order valence-corrected chi connectivity index (χ1v) is 11.2. The number of aromatic nitrogens is 1. The van der Waals surface area contributed by atoms with E-state index in [1.54, 1.807) is 0 Å². The smallest absolute Gasteiger partial charge is 0.330 e. The molecule has 0 fully saturated rings. The van der Waals surface area contributed by atoms with Crippen LogP contribution in [0, 0.1) is 11.6 Å². The van der Waals surface area contributed by atoms with Crippen LogP contribution in [0.4, 0.5) is 13.2 Å². The van der Waals surface area contributed by atoms with Gasteiger partial charge in [-0.1, -0.05) is 18.2 Å². The minimum atomic E-state index is -1.59. The van der Waals surface area contributed by atoms with E-state index in [1.165, 1.54) is 39.2 Å². The van der Waals surface area contributed by atoms with Gasteiger partial charge in [0.25, 0.3) is 0 Å². The standard InChI is InChI=1S/C27H29F3N2O2/c1-26(2,30)15-32-25(23-19(28)12-16(13-20(23)29)10-11-22(33)34-5)24-18(14-27(32,3)4)17-8-6-7-9-21(17)31-24/h6-13,25,31H,14-15H2,1-5H3. The number of alkyl halides is 1. The van der Waals surface area contributed by atoms with Gasteiger partial charge in [0.15, 0.2) is 0 Å². The Morgan fingerprint density at radius 1 is 1.24 bits per heavy atom. The normalized spacial score (nSPS) is 18.4. The summed E-state index contributed by atoms with van der Waals surface area (Å²) in [5.41, 5.74) is 0.387. The van der Waals surface area contributed by atoms with Crippen molar-refractivity contribution < 1.29 is 22.7 Å². The molecule has 0 bridgehead atoms. The molecule has 2 heterocycles. The van der Waals surface area contributed by atoms with Gasteiger partial charge in [0.2, 0.25) is 0 Å². The van der Waals surface area contributed by atoms with Crippen molar-refractivity contribution >= 4 is 22.9 Å². The molecular formula is C27H29F3N2O2. The van der Waals surface area contributed by atoms with Gasteiger partial charge < -0.3 is 9.72 Å². The summed E-state index contributed by atoms with van der Waals surface area (Å²) in [6, 6.07) is 9.24. The maximum atomic E-state index is 15.6. The molecule has 34 heavy (non-hydrogen) atoms. The van der Waals surface area contributed by atoms with Crippen LogP contribution >= 0.6 is 0 Å². The largest absolute Gasteiger partial charge is 0.466 e. The predicted molar refractivity (Wildman–Crippen MR) is 127 cm³/mol. The van der Waals surface area contributed by atoms with E-state index in [0.717, 1.165) is 22.5 Å². The van der Waals surface area contributed by atoms with Crippen LogP contribution in [0.15, 0.2) is 42.5 Å². The number of carbonyl (C=O) groups is 1. The van der Waals surface area contributed by atoms with Crippen molar-refractivity contribution in [3.05, 3.63) is 76.5 Å². The number of aromatic amines is 1. The maximum absolute atomic E-state index is 15.6. The van der Waals surface area contributed by atoms with Gasteiger partial charge in [-0.05, 0) is 69.5 Å². The van der Waals surface area contributed by atoms with Gasteiger partial charge in [0, 0.05) is 40.3 Å². The fourth-order valence-electron chi connectivity index (χ4n) is 4.89. The van der Waals surface area contributed by atoms with Crippen LogP contribution in [0.5, 0.6) is 0 Å². The van der Waals surface area contributed by atoms with E-state index in [4.69, 9.17) is 0 Å². The molecule has 1 aliphatic heterocycles. The third-order valence-electron chi connectivity index (χ3n) is 6.35. The highest BCUT2D eigenvalue weighted by Gasteiger charge is 2.45. The molecule has 0 amide bonds. The van der Waals surface area contributed by atoms with E-state index in [2.05, 4.69) is 9.72 Å². The van der Waals surface area contributed by atoms with Crippen molar-refractivity contribution in [3.8, 4) is 0 Å². The summed E-state index contributed by atoms with van der Waals surface area (Å²) in [7, 11) is 1.22. The molecule has 0 spiro atoms. The van der Waals surface area contributed by atoms with Gasteiger partial charge in [-0.15, -0.1) is 0 Å².